The Morgan fingerprint density at radius 1 is 1.18 bits per heavy atom. The average molecular weight is 376 g/mol. The van der Waals surface area contributed by atoms with E-state index in [2.05, 4.69) is 20.4 Å². The number of H-pyrrole nitrogens is 1. The first-order valence-electron chi connectivity index (χ1n) is 9.46. The molecule has 3 aromatic rings. The van der Waals surface area contributed by atoms with Crippen molar-refractivity contribution in [1.82, 2.24) is 9.97 Å². The lowest BCUT2D eigenvalue weighted by Gasteiger charge is -2.09. The summed E-state index contributed by atoms with van der Waals surface area (Å²) in [5.41, 5.74) is 4.17. The fourth-order valence-electron chi connectivity index (χ4n) is 3.59. The third-order valence-corrected chi connectivity index (χ3v) is 5.07. The van der Waals surface area contributed by atoms with E-state index < -0.39 is 6.10 Å². The summed E-state index contributed by atoms with van der Waals surface area (Å²) in [4.78, 5) is 25.8. The highest BCUT2D eigenvalue weighted by atomic mass is 16.6. The lowest BCUT2D eigenvalue weighted by Crippen LogP contribution is -2.28. The summed E-state index contributed by atoms with van der Waals surface area (Å²) in [6, 6.07) is 15.4. The number of aromatic nitrogens is 2. The van der Waals surface area contributed by atoms with Crippen molar-refractivity contribution in [2.75, 3.05) is 11.9 Å². The Balaban J connectivity index is 1.27. The van der Waals surface area contributed by atoms with Crippen molar-refractivity contribution >= 4 is 28.3 Å². The first kappa shape index (κ1) is 16.9. The van der Waals surface area contributed by atoms with Gasteiger partial charge in [0.25, 0.3) is 5.91 Å². The van der Waals surface area contributed by atoms with Crippen LogP contribution in [0.3, 0.4) is 0 Å². The van der Waals surface area contributed by atoms with Gasteiger partial charge in [-0.15, -0.1) is 0 Å². The Labute approximate surface area is 161 Å². The van der Waals surface area contributed by atoms with Crippen LogP contribution in [0.15, 0.2) is 53.7 Å². The highest BCUT2D eigenvalue weighted by molar-refractivity contribution is 6.06. The summed E-state index contributed by atoms with van der Waals surface area (Å²) in [6.07, 6.45) is 1.88. The maximum atomic E-state index is 12.6. The van der Waals surface area contributed by atoms with E-state index in [9.17, 15) is 4.79 Å². The van der Waals surface area contributed by atoms with Crippen LogP contribution in [-0.2, 0) is 14.4 Å². The number of benzene rings is 2. The molecule has 0 bridgehead atoms. The predicted octanol–water partition coefficient (Wildman–Crippen LogP) is 3.55. The van der Waals surface area contributed by atoms with Gasteiger partial charge in [-0.05, 0) is 36.6 Å². The molecular formula is C21H20N4O3. The maximum absolute atomic E-state index is 12.6. The number of nitrogens with zero attached hydrogens (tertiary/aromatic N) is 2. The number of fused-ring (bicyclic) bond motifs is 1. The first-order chi connectivity index (χ1) is 13.8. The van der Waals surface area contributed by atoms with Crippen molar-refractivity contribution in [1.29, 1.82) is 0 Å². The molecule has 2 aliphatic heterocycles. The van der Waals surface area contributed by atoms with E-state index >= 15 is 0 Å². The number of carbonyl (C=O) groups excluding carboxylic acids is 1. The van der Waals surface area contributed by atoms with Gasteiger partial charge in [-0.2, -0.15) is 0 Å². The molecule has 1 aromatic heterocycles. The molecule has 2 aromatic carbocycles. The van der Waals surface area contributed by atoms with E-state index in [0.717, 1.165) is 47.6 Å². The van der Waals surface area contributed by atoms with E-state index in [1.54, 1.807) is 0 Å². The zero-order valence-electron chi connectivity index (χ0n) is 15.2. The summed E-state index contributed by atoms with van der Waals surface area (Å²) >= 11 is 0. The molecule has 3 heterocycles. The molecular weight excluding hydrogens is 356 g/mol. The fourth-order valence-corrected chi connectivity index (χ4v) is 3.59. The number of anilines is 1. The zero-order chi connectivity index (χ0) is 18.9. The van der Waals surface area contributed by atoms with Crippen molar-refractivity contribution in [3.05, 3.63) is 59.9 Å². The van der Waals surface area contributed by atoms with Crippen LogP contribution in [0.25, 0.3) is 11.0 Å². The number of ether oxygens (including phenoxy) is 1. The van der Waals surface area contributed by atoms with Gasteiger partial charge in [0.15, 0.2) is 0 Å². The predicted molar refractivity (Wildman–Crippen MR) is 105 cm³/mol. The number of amides is 1. The molecule has 1 fully saturated rings. The summed E-state index contributed by atoms with van der Waals surface area (Å²) in [6.45, 7) is 0.775. The van der Waals surface area contributed by atoms with Crippen molar-refractivity contribution in [3.8, 4) is 0 Å². The second-order valence-electron chi connectivity index (χ2n) is 7.05. The Hall–Kier alpha value is -3.19. The van der Waals surface area contributed by atoms with Gasteiger partial charge >= 0.3 is 0 Å². The summed E-state index contributed by atoms with van der Waals surface area (Å²) in [5.74, 6) is 0.629. The van der Waals surface area contributed by atoms with Crippen molar-refractivity contribution < 1.29 is 14.4 Å². The van der Waals surface area contributed by atoms with Gasteiger partial charge < -0.3 is 19.9 Å². The smallest absolute Gasteiger partial charge is 0.268 e. The number of imidazole rings is 1. The molecule has 0 spiro atoms. The van der Waals surface area contributed by atoms with Crippen molar-refractivity contribution in [2.45, 2.75) is 31.5 Å². The molecule has 0 radical (unpaired) electrons. The summed E-state index contributed by atoms with van der Waals surface area (Å²) in [7, 11) is 0. The molecule has 7 nitrogen and oxygen atoms in total. The monoisotopic (exact) mass is 376 g/mol. The highest BCUT2D eigenvalue weighted by Gasteiger charge is 2.29. The van der Waals surface area contributed by atoms with Crippen molar-refractivity contribution in [2.24, 2.45) is 5.16 Å². The Morgan fingerprint density at radius 3 is 2.89 bits per heavy atom. The van der Waals surface area contributed by atoms with E-state index in [1.807, 2.05) is 48.5 Å². The number of nitrogens with one attached hydrogen (secondary N) is 2. The molecule has 1 amide bonds. The minimum absolute atomic E-state index is 0.0332. The average Bonchev–Trinajstić information content (AvgIpc) is 3.47. The minimum Gasteiger partial charge on any atom is -0.382 e. The third-order valence-electron chi connectivity index (χ3n) is 5.07. The topological polar surface area (TPSA) is 88.6 Å². The van der Waals surface area contributed by atoms with Gasteiger partial charge in [-0.1, -0.05) is 35.5 Å². The number of hydrogen-bond acceptors (Lipinski definition) is 5. The fraction of sp³-hybridized carbons (Fsp3) is 0.286. The standard InChI is InChI=1S/C21H20N4O3/c26-21(19-12-16(25-28-19)13-5-2-1-3-6-13)22-14-8-9-15-17(11-14)24-20(23-15)18-7-4-10-27-18/h1-3,5-6,8-9,11,18-19H,4,7,10,12H2,(H,22,26)(H,23,24). The van der Waals surface area contributed by atoms with Crippen LogP contribution >= 0.6 is 0 Å². The third kappa shape index (κ3) is 3.25. The summed E-state index contributed by atoms with van der Waals surface area (Å²) in [5, 5.41) is 6.98. The number of aromatic amines is 1. The Bertz CT molecular complexity index is 1040. The molecule has 2 aliphatic rings. The molecule has 7 heteroatoms. The Morgan fingerprint density at radius 2 is 2.07 bits per heavy atom. The van der Waals surface area contributed by atoms with E-state index in [-0.39, 0.29) is 12.0 Å². The van der Waals surface area contributed by atoms with Gasteiger partial charge in [0, 0.05) is 18.7 Å². The lowest BCUT2D eigenvalue weighted by atomic mass is 10.0. The SMILES string of the molecule is O=C(Nc1ccc2nc(C3CCCO3)[nH]c2c1)C1CC(c2ccccc2)=NO1. The van der Waals surface area contributed by atoms with Gasteiger partial charge in [0.2, 0.25) is 6.10 Å². The maximum Gasteiger partial charge on any atom is 0.268 e. The van der Waals surface area contributed by atoms with Gasteiger partial charge in [-0.25, -0.2) is 4.98 Å². The number of carbonyl (C=O) groups is 1. The Kier molecular flexibility index (Phi) is 4.29. The summed E-state index contributed by atoms with van der Waals surface area (Å²) < 4.78 is 5.68. The van der Waals surface area contributed by atoms with Crippen LogP contribution in [0.4, 0.5) is 5.69 Å². The largest absolute Gasteiger partial charge is 0.382 e. The number of rotatable bonds is 4. The number of oxime groups is 1. The lowest BCUT2D eigenvalue weighted by molar-refractivity contribution is -0.125. The first-order valence-corrected chi connectivity index (χ1v) is 9.46. The highest BCUT2D eigenvalue weighted by Crippen LogP contribution is 2.29. The van der Waals surface area contributed by atoms with Crippen LogP contribution in [0.2, 0.25) is 0 Å². The van der Waals surface area contributed by atoms with E-state index in [0.29, 0.717) is 12.1 Å². The molecule has 2 unspecified atom stereocenters. The van der Waals surface area contributed by atoms with Crippen LogP contribution in [0, 0.1) is 0 Å². The van der Waals surface area contributed by atoms with E-state index in [4.69, 9.17) is 9.57 Å². The normalized spacial score (nSPS) is 21.5. The van der Waals surface area contributed by atoms with Crippen LogP contribution in [0.5, 0.6) is 0 Å². The van der Waals surface area contributed by atoms with Crippen LogP contribution in [-0.4, -0.2) is 34.3 Å². The van der Waals surface area contributed by atoms with Gasteiger partial charge in [0.05, 0.1) is 16.7 Å². The van der Waals surface area contributed by atoms with E-state index in [1.165, 1.54) is 0 Å². The van der Waals surface area contributed by atoms with Crippen LogP contribution < -0.4 is 5.32 Å². The molecule has 1 saturated heterocycles. The van der Waals surface area contributed by atoms with Gasteiger partial charge in [-0.3, -0.25) is 4.79 Å². The minimum atomic E-state index is -0.630. The number of hydrogen-bond donors (Lipinski definition) is 2. The second-order valence-corrected chi connectivity index (χ2v) is 7.05. The van der Waals surface area contributed by atoms with Gasteiger partial charge in [0.1, 0.15) is 11.9 Å². The quantitative estimate of drug-likeness (QED) is 0.729. The van der Waals surface area contributed by atoms with Crippen molar-refractivity contribution in [3.63, 3.8) is 0 Å². The zero-order valence-corrected chi connectivity index (χ0v) is 15.2. The molecule has 2 atom stereocenters. The molecule has 142 valence electrons. The molecule has 5 rings (SSSR count). The molecule has 28 heavy (non-hydrogen) atoms. The van der Waals surface area contributed by atoms with Crippen LogP contribution in [0.1, 0.15) is 36.8 Å². The molecule has 2 N–H and O–H groups in total. The second kappa shape index (κ2) is 7.09. The molecule has 0 aliphatic carbocycles. The molecule has 0 saturated carbocycles.